The van der Waals surface area contributed by atoms with Crippen molar-refractivity contribution < 1.29 is 9.21 Å². The van der Waals surface area contributed by atoms with E-state index in [0.717, 1.165) is 16.6 Å². The number of hydrogen-bond acceptors (Lipinski definition) is 3. The third-order valence-electron chi connectivity index (χ3n) is 4.37. The summed E-state index contributed by atoms with van der Waals surface area (Å²) in [4.78, 5) is 17.3. The smallest absolute Gasteiger partial charge is 0.240 e. The predicted molar refractivity (Wildman–Crippen MR) is 100 cm³/mol. The molecule has 0 saturated heterocycles. The number of fused-ring (bicyclic) bond motifs is 1. The van der Waals surface area contributed by atoms with Crippen molar-refractivity contribution in [3.63, 3.8) is 0 Å². The van der Waals surface area contributed by atoms with Crippen molar-refractivity contribution >= 4 is 16.9 Å². The highest BCUT2D eigenvalue weighted by molar-refractivity contribution is 5.84. The number of benzene rings is 2. The van der Waals surface area contributed by atoms with Crippen molar-refractivity contribution in [2.24, 2.45) is 0 Å². The van der Waals surface area contributed by atoms with Crippen LogP contribution in [0.3, 0.4) is 0 Å². The molecule has 0 saturated carbocycles. The van der Waals surface area contributed by atoms with E-state index in [1.165, 1.54) is 0 Å². The maximum Gasteiger partial charge on any atom is 0.240 e. The molecule has 2 aromatic carbocycles. The predicted octanol–water partition coefficient (Wildman–Crippen LogP) is 4.17. The van der Waals surface area contributed by atoms with Crippen LogP contribution < -0.4 is 5.32 Å². The molecule has 0 spiro atoms. The molecule has 4 rings (SSSR count). The van der Waals surface area contributed by atoms with Crippen molar-refractivity contribution in [2.45, 2.75) is 19.5 Å². The largest absolute Gasteiger partial charge is 0.461 e. The Bertz CT molecular complexity index is 1020. The maximum atomic E-state index is 12.7. The molecular weight excluding hydrogens is 326 g/mol. The van der Waals surface area contributed by atoms with E-state index in [4.69, 9.17) is 4.42 Å². The van der Waals surface area contributed by atoms with Crippen LogP contribution >= 0.6 is 0 Å². The van der Waals surface area contributed by atoms with E-state index >= 15 is 0 Å². The summed E-state index contributed by atoms with van der Waals surface area (Å²) < 4.78 is 7.40. The van der Waals surface area contributed by atoms with Crippen LogP contribution in [0.5, 0.6) is 0 Å². The molecule has 0 aliphatic rings. The average molecular weight is 345 g/mol. The molecule has 1 N–H and O–H groups in total. The highest BCUT2D eigenvalue weighted by Crippen LogP contribution is 2.25. The number of rotatable bonds is 5. The van der Waals surface area contributed by atoms with Gasteiger partial charge in [-0.05, 0) is 36.8 Å². The molecule has 1 amide bonds. The molecule has 2 heterocycles. The van der Waals surface area contributed by atoms with Gasteiger partial charge < -0.3 is 14.3 Å². The minimum absolute atomic E-state index is 0.0643. The summed E-state index contributed by atoms with van der Waals surface area (Å²) in [5.74, 6) is 1.22. The van der Waals surface area contributed by atoms with Gasteiger partial charge in [-0.25, -0.2) is 4.98 Å². The molecule has 0 fully saturated rings. The number of imidazole rings is 1. The van der Waals surface area contributed by atoms with E-state index in [1.807, 2.05) is 78.2 Å². The SMILES string of the molecule is CC(NC(=O)Cn1c(-c2ccco2)nc2ccccc21)c1ccccc1. The molecule has 1 atom stereocenters. The standard InChI is InChI=1S/C21H19N3O2/c1-15(16-8-3-2-4-9-16)22-20(25)14-24-18-11-6-5-10-17(18)23-21(24)19-12-7-13-26-19/h2-13,15H,14H2,1H3,(H,22,25). The molecular formula is C21H19N3O2. The number of carbonyl (C=O) groups excluding carboxylic acids is 1. The molecule has 130 valence electrons. The Morgan fingerprint density at radius 3 is 2.62 bits per heavy atom. The molecule has 5 nitrogen and oxygen atoms in total. The van der Waals surface area contributed by atoms with Gasteiger partial charge in [-0.3, -0.25) is 4.79 Å². The second-order valence-electron chi connectivity index (χ2n) is 6.19. The third-order valence-corrected chi connectivity index (χ3v) is 4.37. The summed E-state index contributed by atoms with van der Waals surface area (Å²) in [5.41, 5.74) is 2.81. The molecule has 0 bridgehead atoms. The first-order chi connectivity index (χ1) is 12.7. The number of amides is 1. The number of aromatic nitrogens is 2. The van der Waals surface area contributed by atoms with Gasteiger partial charge in [-0.2, -0.15) is 0 Å². The molecule has 2 aromatic heterocycles. The number of para-hydroxylation sites is 2. The maximum absolute atomic E-state index is 12.7. The molecule has 1 unspecified atom stereocenters. The molecule has 26 heavy (non-hydrogen) atoms. The van der Waals surface area contributed by atoms with Crippen LogP contribution in [0.1, 0.15) is 18.5 Å². The van der Waals surface area contributed by atoms with Crippen LogP contribution in [-0.2, 0) is 11.3 Å². The third kappa shape index (κ3) is 3.11. The zero-order chi connectivity index (χ0) is 17.9. The van der Waals surface area contributed by atoms with Gasteiger partial charge in [-0.15, -0.1) is 0 Å². The van der Waals surface area contributed by atoms with Crippen LogP contribution in [0.4, 0.5) is 0 Å². The van der Waals surface area contributed by atoms with E-state index in [1.54, 1.807) is 6.26 Å². The normalized spacial score (nSPS) is 12.2. The summed E-state index contributed by atoms with van der Waals surface area (Å²) in [7, 11) is 0. The first kappa shape index (κ1) is 16.1. The molecule has 4 aromatic rings. The van der Waals surface area contributed by atoms with Crippen LogP contribution in [0.15, 0.2) is 77.4 Å². The van der Waals surface area contributed by atoms with Crippen molar-refractivity contribution in [1.82, 2.24) is 14.9 Å². The van der Waals surface area contributed by atoms with Crippen LogP contribution in [0, 0.1) is 0 Å². The molecule has 0 aliphatic heterocycles. The number of nitrogens with zero attached hydrogens (tertiary/aromatic N) is 2. The first-order valence-electron chi connectivity index (χ1n) is 8.56. The molecule has 5 heteroatoms. The van der Waals surface area contributed by atoms with Crippen LogP contribution in [0.25, 0.3) is 22.6 Å². The lowest BCUT2D eigenvalue weighted by Gasteiger charge is -2.15. The Morgan fingerprint density at radius 2 is 1.85 bits per heavy atom. The summed E-state index contributed by atoms with van der Waals surface area (Å²) in [6, 6.07) is 21.3. The zero-order valence-electron chi connectivity index (χ0n) is 14.4. The fourth-order valence-corrected chi connectivity index (χ4v) is 3.09. The Kier molecular flexibility index (Phi) is 4.27. The summed E-state index contributed by atoms with van der Waals surface area (Å²) in [6.07, 6.45) is 1.61. The lowest BCUT2D eigenvalue weighted by Crippen LogP contribution is -2.30. The zero-order valence-corrected chi connectivity index (χ0v) is 14.4. The van der Waals surface area contributed by atoms with E-state index in [9.17, 15) is 4.79 Å². The van der Waals surface area contributed by atoms with E-state index in [0.29, 0.717) is 11.6 Å². The van der Waals surface area contributed by atoms with E-state index in [2.05, 4.69) is 10.3 Å². The Morgan fingerprint density at radius 1 is 1.08 bits per heavy atom. The Balaban J connectivity index is 1.62. The van der Waals surface area contributed by atoms with Gasteiger partial charge in [0, 0.05) is 0 Å². The van der Waals surface area contributed by atoms with Crippen LogP contribution in [-0.4, -0.2) is 15.5 Å². The Hall–Kier alpha value is -3.34. The number of hydrogen-bond donors (Lipinski definition) is 1. The van der Waals surface area contributed by atoms with E-state index in [-0.39, 0.29) is 18.5 Å². The fraction of sp³-hybridized carbons (Fsp3) is 0.143. The van der Waals surface area contributed by atoms with Gasteiger partial charge in [0.15, 0.2) is 11.6 Å². The fourth-order valence-electron chi connectivity index (χ4n) is 3.09. The van der Waals surface area contributed by atoms with Gasteiger partial charge in [0.1, 0.15) is 6.54 Å². The van der Waals surface area contributed by atoms with Crippen molar-refractivity contribution in [2.75, 3.05) is 0 Å². The molecule has 0 radical (unpaired) electrons. The highest BCUT2D eigenvalue weighted by atomic mass is 16.3. The topological polar surface area (TPSA) is 60.1 Å². The quantitative estimate of drug-likeness (QED) is 0.590. The van der Waals surface area contributed by atoms with Gasteiger partial charge >= 0.3 is 0 Å². The average Bonchev–Trinajstić information content (AvgIpc) is 3.31. The summed E-state index contributed by atoms with van der Waals surface area (Å²) in [6.45, 7) is 2.15. The Labute approximate surface area is 151 Å². The lowest BCUT2D eigenvalue weighted by atomic mass is 10.1. The number of nitrogens with one attached hydrogen (secondary N) is 1. The minimum atomic E-state index is -0.0719. The lowest BCUT2D eigenvalue weighted by molar-refractivity contribution is -0.122. The van der Waals surface area contributed by atoms with Gasteiger partial charge in [0.2, 0.25) is 5.91 Å². The second-order valence-corrected chi connectivity index (χ2v) is 6.19. The monoisotopic (exact) mass is 345 g/mol. The van der Waals surface area contributed by atoms with Gasteiger partial charge in [0.05, 0.1) is 23.3 Å². The number of furan rings is 1. The first-order valence-corrected chi connectivity index (χ1v) is 8.56. The van der Waals surface area contributed by atoms with Gasteiger partial charge in [0.25, 0.3) is 0 Å². The van der Waals surface area contributed by atoms with Gasteiger partial charge in [-0.1, -0.05) is 42.5 Å². The molecule has 0 aliphatic carbocycles. The van der Waals surface area contributed by atoms with Crippen molar-refractivity contribution in [3.05, 3.63) is 78.6 Å². The van der Waals surface area contributed by atoms with Crippen molar-refractivity contribution in [3.8, 4) is 11.6 Å². The second kappa shape index (κ2) is 6.88. The van der Waals surface area contributed by atoms with Crippen molar-refractivity contribution in [1.29, 1.82) is 0 Å². The minimum Gasteiger partial charge on any atom is -0.461 e. The number of carbonyl (C=O) groups is 1. The van der Waals surface area contributed by atoms with E-state index < -0.39 is 0 Å². The summed E-state index contributed by atoms with van der Waals surface area (Å²) in [5, 5.41) is 3.05. The van der Waals surface area contributed by atoms with Crippen LogP contribution in [0.2, 0.25) is 0 Å². The highest BCUT2D eigenvalue weighted by Gasteiger charge is 2.18. The summed E-state index contributed by atoms with van der Waals surface area (Å²) >= 11 is 0.